The summed E-state index contributed by atoms with van der Waals surface area (Å²) < 4.78 is 32.4. The highest BCUT2D eigenvalue weighted by Crippen LogP contribution is 2.24. The largest absolute Gasteiger partial charge is 0.449 e. The Morgan fingerprint density at radius 1 is 1.14 bits per heavy atom. The smallest absolute Gasteiger partial charge is 0.338 e. The summed E-state index contributed by atoms with van der Waals surface area (Å²) in [6.07, 6.45) is 4.03. The van der Waals surface area contributed by atoms with E-state index in [1.807, 2.05) is 6.92 Å². The molecule has 162 valence electrons. The van der Waals surface area contributed by atoms with Crippen molar-refractivity contribution in [2.24, 2.45) is 5.92 Å². The van der Waals surface area contributed by atoms with Crippen molar-refractivity contribution in [2.75, 3.05) is 0 Å². The molecular weight excluding hydrogens is 392 g/mol. The van der Waals surface area contributed by atoms with Gasteiger partial charge in [0, 0.05) is 12.1 Å². The molecule has 29 heavy (non-hydrogen) atoms. The fourth-order valence-corrected chi connectivity index (χ4v) is 4.63. The lowest BCUT2D eigenvalue weighted by molar-refractivity contribution is -0.130. The standard InChI is InChI=1S/C21H32N2O5S/c1-5-15(3)23-29(26,27)18-12-10-17(11-13-18)21(25)28-16(4)20(24)22-19-9-7-6-8-14(19)2/h10-16,19,23H,5-9H2,1-4H3,(H,22,24)/t14-,15+,16+,19+/m0/s1. The average molecular weight is 425 g/mol. The number of esters is 1. The van der Waals surface area contributed by atoms with Crippen LogP contribution in [0.5, 0.6) is 0 Å². The minimum absolute atomic E-state index is 0.0754. The molecule has 1 saturated carbocycles. The van der Waals surface area contributed by atoms with E-state index < -0.39 is 22.1 Å². The van der Waals surface area contributed by atoms with Crippen LogP contribution in [0.2, 0.25) is 0 Å². The number of sulfonamides is 1. The Labute approximate surface area is 173 Å². The van der Waals surface area contributed by atoms with E-state index in [0.717, 1.165) is 19.3 Å². The van der Waals surface area contributed by atoms with Gasteiger partial charge in [-0.1, -0.05) is 26.7 Å². The average Bonchev–Trinajstić information content (AvgIpc) is 2.69. The summed E-state index contributed by atoms with van der Waals surface area (Å²) in [4.78, 5) is 24.8. The zero-order chi connectivity index (χ0) is 21.6. The number of nitrogens with one attached hydrogen (secondary N) is 2. The molecule has 0 saturated heterocycles. The molecule has 0 heterocycles. The zero-order valence-electron chi connectivity index (χ0n) is 17.6. The molecule has 0 bridgehead atoms. The van der Waals surface area contributed by atoms with Crippen LogP contribution < -0.4 is 10.0 Å². The number of ether oxygens (including phenoxy) is 1. The van der Waals surface area contributed by atoms with Crippen molar-refractivity contribution in [3.05, 3.63) is 29.8 Å². The van der Waals surface area contributed by atoms with Crippen LogP contribution in [0, 0.1) is 5.92 Å². The van der Waals surface area contributed by atoms with Gasteiger partial charge in [0.1, 0.15) is 0 Å². The molecule has 1 amide bonds. The van der Waals surface area contributed by atoms with E-state index in [1.54, 1.807) is 6.92 Å². The Kier molecular flexibility index (Phi) is 8.22. The Bertz CT molecular complexity index is 807. The predicted octanol–water partition coefficient (Wildman–Crippen LogP) is 3.00. The third kappa shape index (κ3) is 6.54. The summed E-state index contributed by atoms with van der Waals surface area (Å²) in [6, 6.07) is 5.42. The van der Waals surface area contributed by atoms with Crippen LogP contribution in [0.15, 0.2) is 29.2 Å². The van der Waals surface area contributed by atoms with E-state index >= 15 is 0 Å². The first-order chi connectivity index (χ1) is 13.6. The molecule has 1 fully saturated rings. The fraction of sp³-hybridized carbons (Fsp3) is 0.619. The number of amides is 1. The fourth-order valence-electron chi connectivity index (χ4n) is 3.30. The Morgan fingerprint density at radius 3 is 2.34 bits per heavy atom. The SMILES string of the molecule is CC[C@@H](C)NS(=O)(=O)c1ccc(C(=O)O[C@H](C)C(=O)N[C@@H]2CCCC[C@@H]2C)cc1. The molecule has 0 unspecified atom stereocenters. The van der Waals surface area contributed by atoms with Gasteiger partial charge in [-0.3, -0.25) is 4.79 Å². The van der Waals surface area contributed by atoms with Gasteiger partial charge in [0.2, 0.25) is 10.0 Å². The van der Waals surface area contributed by atoms with Gasteiger partial charge in [-0.25, -0.2) is 17.9 Å². The highest BCUT2D eigenvalue weighted by Gasteiger charge is 2.26. The summed E-state index contributed by atoms with van der Waals surface area (Å²) in [5.41, 5.74) is 0.193. The second-order valence-electron chi connectivity index (χ2n) is 7.88. The first-order valence-corrected chi connectivity index (χ1v) is 11.8. The van der Waals surface area contributed by atoms with Crippen molar-refractivity contribution in [1.29, 1.82) is 0 Å². The number of hydrogen-bond acceptors (Lipinski definition) is 5. The lowest BCUT2D eigenvalue weighted by atomic mass is 9.86. The van der Waals surface area contributed by atoms with Crippen molar-refractivity contribution in [3.63, 3.8) is 0 Å². The maximum Gasteiger partial charge on any atom is 0.338 e. The van der Waals surface area contributed by atoms with Gasteiger partial charge in [0.05, 0.1) is 10.5 Å². The van der Waals surface area contributed by atoms with E-state index in [-0.39, 0.29) is 28.4 Å². The second-order valence-corrected chi connectivity index (χ2v) is 9.59. The van der Waals surface area contributed by atoms with E-state index in [4.69, 9.17) is 4.74 Å². The van der Waals surface area contributed by atoms with Crippen LogP contribution in [0.25, 0.3) is 0 Å². The maximum atomic E-state index is 12.4. The normalized spacial score (nSPS) is 21.8. The molecule has 2 rings (SSSR count). The summed E-state index contributed by atoms with van der Waals surface area (Å²) >= 11 is 0. The third-order valence-corrected chi connectivity index (χ3v) is 7.07. The van der Waals surface area contributed by atoms with Gasteiger partial charge in [-0.15, -0.1) is 0 Å². The number of carbonyl (C=O) groups excluding carboxylic acids is 2. The topological polar surface area (TPSA) is 102 Å². The summed E-state index contributed by atoms with van der Waals surface area (Å²) in [6.45, 7) is 7.32. The first kappa shape index (κ1) is 23.3. The number of rotatable bonds is 8. The van der Waals surface area contributed by atoms with Crippen molar-refractivity contribution in [1.82, 2.24) is 10.0 Å². The van der Waals surface area contributed by atoms with Gasteiger partial charge >= 0.3 is 5.97 Å². The van der Waals surface area contributed by atoms with Crippen molar-refractivity contribution >= 4 is 21.9 Å². The quantitative estimate of drug-likeness (QED) is 0.625. The van der Waals surface area contributed by atoms with E-state index in [0.29, 0.717) is 12.3 Å². The lowest BCUT2D eigenvalue weighted by Gasteiger charge is -2.30. The molecule has 1 aromatic carbocycles. The number of hydrogen-bond donors (Lipinski definition) is 2. The third-order valence-electron chi connectivity index (χ3n) is 5.46. The molecule has 2 N–H and O–H groups in total. The number of carbonyl (C=O) groups is 2. The summed E-state index contributed by atoms with van der Waals surface area (Å²) in [5, 5.41) is 2.97. The summed E-state index contributed by atoms with van der Waals surface area (Å²) in [7, 11) is -3.64. The Hall–Kier alpha value is -1.93. The molecule has 8 heteroatoms. The van der Waals surface area contributed by atoms with E-state index in [2.05, 4.69) is 17.0 Å². The molecule has 1 aromatic rings. The molecule has 1 aliphatic rings. The molecular formula is C21H32N2O5S. The van der Waals surface area contributed by atoms with Crippen LogP contribution in [0.1, 0.15) is 70.2 Å². The van der Waals surface area contributed by atoms with Gasteiger partial charge < -0.3 is 10.1 Å². The van der Waals surface area contributed by atoms with Crippen LogP contribution in [0.4, 0.5) is 0 Å². The minimum Gasteiger partial charge on any atom is -0.449 e. The predicted molar refractivity (Wildman–Crippen MR) is 111 cm³/mol. The first-order valence-electron chi connectivity index (χ1n) is 10.3. The van der Waals surface area contributed by atoms with Gasteiger partial charge in [-0.05, 0) is 63.3 Å². The Morgan fingerprint density at radius 2 is 1.76 bits per heavy atom. The molecule has 7 nitrogen and oxygen atoms in total. The van der Waals surface area contributed by atoms with Crippen LogP contribution in [-0.2, 0) is 19.6 Å². The summed E-state index contributed by atoms with van der Waals surface area (Å²) in [5.74, 6) is -0.564. The van der Waals surface area contributed by atoms with Crippen molar-refractivity contribution in [3.8, 4) is 0 Å². The van der Waals surface area contributed by atoms with Crippen LogP contribution in [-0.4, -0.2) is 38.5 Å². The van der Waals surface area contributed by atoms with Gasteiger partial charge in [0.15, 0.2) is 6.10 Å². The van der Waals surface area contributed by atoms with E-state index in [9.17, 15) is 18.0 Å². The lowest BCUT2D eigenvalue weighted by Crippen LogP contribution is -2.45. The monoisotopic (exact) mass is 424 g/mol. The highest BCUT2D eigenvalue weighted by atomic mass is 32.2. The van der Waals surface area contributed by atoms with E-state index in [1.165, 1.54) is 37.6 Å². The van der Waals surface area contributed by atoms with Crippen molar-refractivity contribution < 1.29 is 22.7 Å². The zero-order valence-corrected chi connectivity index (χ0v) is 18.4. The minimum atomic E-state index is -3.64. The molecule has 0 aromatic heterocycles. The van der Waals surface area contributed by atoms with Gasteiger partial charge in [-0.2, -0.15) is 0 Å². The molecule has 1 aliphatic carbocycles. The molecule has 0 spiro atoms. The molecule has 0 radical (unpaired) electrons. The molecule has 0 aliphatic heterocycles. The van der Waals surface area contributed by atoms with Crippen LogP contribution in [0.3, 0.4) is 0 Å². The van der Waals surface area contributed by atoms with Crippen LogP contribution >= 0.6 is 0 Å². The van der Waals surface area contributed by atoms with Gasteiger partial charge in [0.25, 0.3) is 5.91 Å². The molecule has 4 atom stereocenters. The second kappa shape index (κ2) is 10.2. The highest BCUT2D eigenvalue weighted by molar-refractivity contribution is 7.89. The number of benzene rings is 1. The maximum absolute atomic E-state index is 12.4. The van der Waals surface area contributed by atoms with Crippen molar-refractivity contribution in [2.45, 2.75) is 82.9 Å². The Balaban J connectivity index is 1.95.